The number of likely N-dealkylation sites (N-methyl/N-ethyl adjacent to an activating group) is 1. The summed E-state index contributed by atoms with van der Waals surface area (Å²) < 4.78 is 4.24. The summed E-state index contributed by atoms with van der Waals surface area (Å²) in [6, 6.07) is 2.34. The maximum absolute atomic E-state index is 6.40. The lowest BCUT2D eigenvalue weighted by Crippen LogP contribution is -2.20. The molecule has 0 aliphatic carbocycles. The summed E-state index contributed by atoms with van der Waals surface area (Å²) in [7, 11) is 1.97. The van der Waals surface area contributed by atoms with E-state index in [0.717, 1.165) is 36.9 Å². The van der Waals surface area contributed by atoms with Crippen LogP contribution in [0.25, 0.3) is 0 Å². The number of aryl methyl sites for hydroxylation is 2. The molecule has 0 saturated heterocycles. The molecule has 0 fully saturated rings. The third-order valence-electron chi connectivity index (χ3n) is 3.26. The molecule has 0 spiro atoms. The molecule has 110 valence electrons. The van der Waals surface area contributed by atoms with Crippen molar-refractivity contribution in [2.75, 3.05) is 7.05 Å². The van der Waals surface area contributed by atoms with Crippen LogP contribution < -0.4 is 5.32 Å². The molecule has 1 N–H and O–H groups in total. The van der Waals surface area contributed by atoms with E-state index in [1.54, 1.807) is 11.3 Å². The highest BCUT2D eigenvalue weighted by Gasteiger charge is 2.21. The molecule has 2 aromatic rings. The van der Waals surface area contributed by atoms with Crippen molar-refractivity contribution in [2.45, 2.75) is 32.9 Å². The monoisotopic (exact) mass is 439 g/mol. The van der Waals surface area contributed by atoms with Crippen molar-refractivity contribution < 1.29 is 0 Å². The maximum atomic E-state index is 6.40. The SMILES string of the molecule is CCn1nc(C)c(Cl)c1CC(NC)c1cc(Br)sc1Br. The number of nitrogens with zero attached hydrogens (tertiary/aromatic N) is 2. The molecular weight excluding hydrogens is 425 g/mol. The van der Waals surface area contributed by atoms with Crippen LogP contribution in [0.3, 0.4) is 0 Å². The fourth-order valence-electron chi connectivity index (χ4n) is 2.22. The molecule has 20 heavy (non-hydrogen) atoms. The number of hydrogen-bond donors (Lipinski definition) is 1. The van der Waals surface area contributed by atoms with Gasteiger partial charge >= 0.3 is 0 Å². The fourth-order valence-corrected chi connectivity index (χ4v) is 5.40. The van der Waals surface area contributed by atoms with Gasteiger partial charge in [0.25, 0.3) is 0 Å². The number of aromatic nitrogens is 2. The quantitative estimate of drug-likeness (QED) is 0.711. The zero-order valence-electron chi connectivity index (χ0n) is 11.5. The highest BCUT2D eigenvalue weighted by molar-refractivity contribution is 9.12. The van der Waals surface area contributed by atoms with Crippen molar-refractivity contribution in [1.29, 1.82) is 0 Å². The summed E-state index contributed by atoms with van der Waals surface area (Å²) in [5.41, 5.74) is 3.21. The molecule has 0 aliphatic heterocycles. The van der Waals surface area contributed by atoms with Crippen LogP contribution in [-0.2, 0) is 13.0 Å². The lowest BCUT2D eigenvalue weighted by Gasteiger charge is -2.17. The molecule has 2 rings (SSSR count). The minimum Gasteiger partial charge on any atom is -0.313 e. The molecule has 0 aromatic carbocycles. The Hall–Kier alpha value is 0.120. The fraction of sp³-hybridized carbons (Fsp3) is 0.462. The molecule has 0 aliphatic rings. The van der Waals surface area contributed by atoms with Gasteiger partial charge in [-0.1, -0.05) is 11.6 Å². The molecule has 0 saturated carbocycles. The number of nitrogens with one attached hydrogen (secondary N) is 1. The van der Waals surface area contributed by atoms with Gasteiger partial charge in [0.15, 0.2) is 0 Å². The van der Waals surface area contributed by atoms with E-state index in [1.807, 2.05) is 18.7 Å². The second-order valence-corrected chi connectivity index (χ2v) is 8.61. The molecule has 7 heteroatoms. The first-order valence-electron chi connectivity index (χ1n) is 6.31. The van der Waals surface area contributed by atoms with E-state index < -0.39 is 0 Å². The topological polar surface area (TPSA) is 29.9 Å². The van der Waals surface area contributed by atoms with Crippen LogP contribution in [0, 0.1) is 6.92 Å². The Balaban J connectivity index is 2.34. The van der Waals surface area contributed by atoms with Crippen molar-refractivity contribution in [2.24, 2.45) is 0 Å². The maximum Gasteiger partial charge on any atom is 0.0847 e. The predicted octanol–water partition coefficient (Wildman–Crippen LogP) is 4.95. The van der Waals surface area contributed by atoms with Gasteiger partial charge in [-0.15, -0.1) is 11.3 Å². The van der Waals surface area contributed by atoms with Crippen LogP contribution >= 0.6 is 54.8 Å². The van der Waals surface area contributed by atoms with Gasteiger partial charge in [0.1, 0.15) is 0 Å². The summed E-state index contributed by atoms with van der Waals surface area (Å²) in [5, 5.41) is 8.62. The van der Waals surface area contributed by atoms with E-state index in [2.05, 4.69) is 55.3 Å². The van der Waals surface area contributed by atoms with E-state index >= 15 is 0 Å². The lowest BCUT2D eigenvalue weighted by molar-refractivity contribution is 0.541. The molecule has 2 heterocycles. The lowest BCUT2D eigenvalue weighted by atomic mass is 10.1. The van der Waals surface area contributed by atoms with Crippen molar-refractivity contribution in [1.82, 2.24) is 15.1 Å². The van der Waals surface area contributed by atoms with Gasteiger partial charge in [-0.05, 0) is 64.4 Å². The number of rotatable bonds is 5. The van der Waals surface area contributed by atoms with E-state index in [9.17, 15) is 0 Å². The molecule has 0 amide bonds. The summed E-state index contributed by atoms with van der Waals surface area (Å²) in [5.74, 6) is 0. The highest BCUT2D eigenvalue weighted by Crippen LogP contribution is 2.37. The van der Waals surface area contributed by atoms with Crippen LogP contribution in [0.2, 0.25) is 5.02 Å². The molecule has 1 unspecified atom stereocenters. The average Bonchev–Trinajstić information content (AvgIpc) is 2.88. The van der Waals surface area contributed by atoms with Crippen LogP contribution in [0.15, 0.2) is 13.6 Å². The van der Waals surface area contributed by atoms with E-state index in [4.69, 9.17) is 11.6 Å². The second kappa shape index (κ2) is 6.92. The van der Waals surface area contributed by atoms with E-state index in [-0.39, 0.29) is 6.04 Å². The average molecular weight is 442 g/mol. The number of hydrogen-bond acceptors (Lipinski definition) is 3. The Kier molecular flexibility index (Phi) is 5.71. The van der Waals surface area contributed by atoms with Crippen LogP contribution in [0.5, 0.6) is 0 Å². The molecule has 1 atom stereocenters. The largest absolute Gasteiger partial charge is 0.313 e. The number of thiophene rings is 1. The molecular formula is C13H16Br2ClN3S. The van der Waals surface area contributed by atoms with Crippen molar-refractivity contribution >= 4 is 54.8 Å². The Morgan fingerprint density at radius 2 is 2.20 bits per heavy atom. The van der Waals surface area contributed by atoms with Gasteiger partial charge in [-0.25, -0.2) is 0 Å². The van der Waals surface area contributed by atoms with Crippen LogP contribution in [0.4, 0.5) is 0 Å². The Morgan fingerprint density at radius 3 is 2.70 bits per heavy atom. The third-order valence-corrected chi connectivity index (χ3v) is 6.13. The van der Waals surface area contributed by atoms with E-state index in [0.29, 0.717) is 0 Å². The minimum absolute atomic E-state index is 0.200. The molecule has 2 aromatic heterocycles. The second-order valence-electron chi connectivity index (χ2n) is 4.49. The molecule has 3 nitrogen and oxygen atoms in total. The summed E-state index contributed by atoms with van der Waals surface area (Å²) in [6.07, 6.45) is 0.811. The Morgan fingerprint density at radius 1 is 1.50 bits per heavy atom. The van der Waals surface area contributed by atoms with Gasteiger partial charge in [0.05, 0.1) is 24.0 Å². The Bertz CT molecular complexity index is 609. The third kappa shape index (κ3) is 3.30. The van der Waals surface area contributed by atoms with Crippen LogP contribution in [0.1, 0.15) is 29.9 Å². The first kappa shape index (κ1) is 16.5. The minimum atomic E-state index is 0.200. The molecule has 0 bridgehead atoms. The Labute approximate surface area is 145 Å². The van der Waals surface area contributed by atoms with Gasteiger partial charge in [-0.3, -0.25) is 4.68 Å². The van der Waals surface area contributed by atoms with Crippen molar-refractivity contribution in [3.05, 3.63) is 35.6 Å². The zero-order valence-corrected chi connectivity index (χ0v) is 16.2. The summed E-state index contributed by atoms with van der Waals surface area (Å²) in [6.45, 7) is 4.86. The van der Waals surface area contributed by atoms with Crippen molar-refractivity contribution in [3.63, 3.8) is 0 Å². The first-order chi connectivity index (χ1) is 9.47. The first-order valence-corrected chi connectivity index (χ1v) is 9.09. The van der Waals surface area contributed by atoms with Crippen molar-refractivity contribution in [3.8, 4) is 0 Å². The van der Waals surface area contributed by atoms with Gasteiger partial charge in [0.2, 0.25) is 0 Å². The normalized spacial score (nSPS) is 12.9. The van der Waals surface area contributed by atoms with Gasteiger partial charge in [-0.2, -0.15) is 5.10 Å². The molecule has 0 radical (unpaired) electrons. The summed E-state index contributed by atoms with van der Waals surface area (Å²) in [4.78, 5) is 0. The standard InChI is InChI=1S/C13H16Br2ClN3S/c1-4-19-10(12(16)7(2)18-19)6-9(17-3)8-5-11(14)20-13(8)15/h5,9,17H,4,6H2,1-3H3. The van der Waals surface area contributed by atoms with Gasteiger partial charge < -0.3 is 5.32 Å². The number of halogens is 3. The van der Waals surface area contributed by atoms with Crippen LogP contribution in [-0.4, -0.2) is 16.8 Å². The highest BCUT2D eigenvalue weighted by atomic mass is 79.9. The summed E-state index contributed by atoms with van der Waals surface area (Å²) >= 11 is 15.2. The van der Waals surface area contributed by atoms with Gasteiger partial charge in [0, 0.05) is 19.0 Å². The smallest absolute Gasteiger partial charge is 0.0847 e. The zero-order chi connectivity index (χ0) is 14.9. The van der Waals surface area contributed by atoms with E-state index in [1.165, 1.54) is 5.56 Å². The predicted molar refractivity (Wildman–Crippen MR) is 92.9 cm³/mol.